The van der Waals surface area contributed by atoms with Crippen LogP contribution < -0.4 is 5.32 Å². The van der Waals surface area contributed by atoms with Crippen LogP contribution in [0.2, 0.25) is 0 Å². The minimum absolute atomic E-state index is 0.387. The predicted octanol–water partition coefficient (Wildman–Crippen LogP) is 1.90. The van der Waals surface area contributed by atoms with Crippen LogP contribution in [0.1, 0.15) is 16.0 Å². The summed E-state index contributed by atoms with van der Waals surface area (Å²) in [6.07, 6.45) is 0.998. The second-order valence-electron chi connectivity index (χ2n) is 7.08. The Morgan fingerprint density at radius 2 is 1.90 bits per heavy atom. The third-order valence-corrected chi connectivity index (χ3v) is 8.72. The number of aliphatic imine (C=N–C) groups is 1. The molecule has 1 saturated heterocycles. The highest BCUT2D eigenvalue weighted by atomic mass is 32.2. The number of ether oxygens (including phenoxy) is 1. The molecule has 156 valence electrons. The predicted molar refractivity (Wildman–Crippen MR) is 115 cm³/mol. The quantitative estimate of drug-likeness (QED) is 0.588. The van der Waals surface area contributed by atoms with Crippen LogP contribution in [0.3, 0.4) is 0 Å². The number of thiophene rings is 1. The van der Waals surface area contributed by atoms with E-state index in [1.165, 1.54) is 26.8 Å². The minimum atomic E-state index is -3.44. The standard InChI is InChI=1S/C20H26N4O3S2/c1-21-20(23-9-8-16-4-2-3-5-17(16)15-23)22-14-18-6-7-19(28-18)29(25,26)24-10-12-27-13-11-24/h2-7H,8-15H2,1H3,(H,21,22). The molecule has 0 bridgehead atoms. The fourth-order valence-electron chi connectivity index (χ4n) is 3.68. The lowest BCUT2D eigenvalue weighted by Gasteiger charge is -2.31. The highest BCUT2D eigenvalue weighted by Crippen LogP contribution is 2.26. The Hall–Kier alpha value is -1.94. The van der Waals surface area contributed by atoms with Crippen molar-refractivity contribution in [3.63, 3.8) is 0 Å². The molecule has 9 heteroatoms. The average molecular weight is 435 g/mol. The van der Waals surface area contributed by atoms with Crippen LogP contribution in [0.4, 0.5) is 0 Å². The van der Waals surface area contributed by atoms with E-state index >= 15 is 0 Å². The van der Waals surface area contributed by atoms with Crippen LogP contribution in [-0.4, -0.2) is 63.5 Å². The molecule has 1 fully saturated rings. The summed E-state index contributed by atoms with van der Waals surface area (Å²) in [5, 5.41) is 3.39. The second kappa shape index (κ2) is 8.83. The van der Waals surface area contributed by atoms with Gasteiger partial charge in [0.05, 0.1) is 19.8 Å². The molecule has 0 amide bonds. The van der Waals surface area contributed by atoms with E-state index in [2.05, 4.69) is 39.5 Å². The van der Waals surface area contributed by atoms with Gasteiger partial charge < -0.3 is 15.0 Å². The Balaban J connectivity index is 1.39. The van der Waals surface area contributed by atoms with Crippen LogP contribution in [-0.2, 0) is 34.3 Å². The van der Waals surface area contributed by atoms with Gasteiger partial charge in [-0.2, -0.15) is 4.31 Å². The number of fused-ring (bicyclic) bond motifs is 1. The number of nitrogens with zero attached hydrogens (tertiary/aromatic N) is 3. The number of rotatable bonds is 4. The van der Waals surface area contributed by atoms with Crippen molar-refractivity contribution in [1.29, 1.82) is 0 Å². The first-order chi connectivity index (χ1) is 14.1. The van der Waals surface area contributed by atoms with E-state index in [-0.39, 0.29) is 0 Å². The fraction of sp³-hybridized carbons (Fsp3) is 0.450. The number of morpholine rings is 1. The molecule has 0 unspecified atom stereocenters. The molecule has 2 aliphatic heterocycles. The topological polar surface area (TPSA) is 74.2 Å². The molecule has 2 aliphatic rings. The van der Waals surface area contributed by atoms with Gasteiger partial charge in [-0.3, -0.25) is 4.99 Å². The zero-order valence-electron chi connectivity index (χ0n) is 16.5. The first-order valence-corrected chi connectivity index (χ1v) is 12.0. The Kier molecular flexibility index (Phi) is 6.19. The van der Waals surface area contributed by atoms with Crippen LogP contribution in [0.15, 0.2) is 45.6 Å². The zero-order valence-corrected chi connectivity index (χ0v) is 18.1. The monoisotopic (exact) mass is 434 g/mol. The molecule has 0 atom stereocenters. The van der Waals surface area contributed by atoms with E-state index in [4.69, 9.17) is 4.74 Å². The first kappa shape index (κ1) is 20.3. The molecule has 0 radical (unpaired) electrons. The molecular formula is C20H26N4O3S2. The van der Waals surface area contributed by atoms with Crippen molar-refractivity contribution in [2.45, 2.75) is 23.7 Å². The Morgan fingerprint density at radius 1 is 1.14 bits per heavy atom. The molecule has 7 nitrogen and oxygen atoms in total. The van der Waals surface area contributed by atoms with Crippen molar-refractivity contribution >= 4 is 27.3 Å². The van der Waals surface area contributed by atoms with Gasteiger partial charge in [-0.25, -0.2) is 8.42 Å². The largest absolute Gasteiger partial charge is 0.379 e. The van der Waals surface area contributed by atoms with Crippen molar-refractivity contribution in [3.8, 4) is 0 Å². The minimum Gasteiger partial charge on any atom is -0.379 e. The Bertz CT molecular complexity index is 981. The van der Waals surface area contributed by atoms with Gasteiger partial charge in [0.15, 0.2) is 5.96 Å². The van der Waals surface area contributed by atoms with Gasteiger partial charge in [-0.1, -0.05) is 24.3 Å². The molecule has 0 saturated carbocycles. The summed E-state index contributed by atoms with van der Waals surface area (Å²) in [4.78, 5) is 7.63. The van der Waals surface area contributed by atoms with Gasteiger partial charge in [0.25, 0.3) is 10.0 Å². The molecule has 3 heterocycles. The molecule has 0 aliphatic carbocycles. The third-order valence-electron chi connectivity index (χ3n) is 5.26. The molecule has 29 heavy (non-hydrogen) atoms. The van der Waals surface area contributed by atoms with Gasteiger partial charge in [-0.15, -0.1) is 11.3 Å². The number of nitrogens with one attached hydrogen (secondary N) is 1. The van der Waals surface area contributed by atoms with E-state index in [0.717, 1.165) is 30.3 Å². The molecule has 1 aromatic carbocycles. The van der Waals surface area contributed by atoms with Gasteiger partial charge >= 0.3 is 0 Å². The number of guanidine groups is 1. The smallest absolute Gasteiger partial charge is 0.252 e. The Labute approximate surface area is 176 Å². The number of benzene rings is 1. The maximum atomic E-state index is 12.8. The molecular weight excluding hydrogens is 408 g/mol. The highest BCUT2D eigenvalue weighted by Gasteiger charge is 2.27. The second-order valence-corrected chi connectivity index (χ2v) is 10.4. The van der Waals surface area contributed by atoms with Crippen molar-refractivity contribution < 1.29 is 13.2 Å². The van der Waals surface area contributed by atoms with Gasteiger partial charge in [0.2, 0.25) is 0 Å². The summed E-state index contributed by atoms with van der Waals surface area (Å²) >= 11 is 1.31. The van der Waals surface area contributed by atoms with Crippen LogP contribution in [0.25, 0.3) is 0 Å². The normalized spacial score (nSPS) is 18.5. The first-order valence-electron chi connectivity index (χ1n) is 9.77. The summed E-state index contributed by atoms with van der Waals surface area (Å²) in [5.41, 5.74) is 2.73. The van der Waals surface area contributed by atoms with E-state index in [1.807, 2.05) is 6.07 Å². The SMILES string of the molecule is CN=C(NCc1ccc(S(=O)(=O)N2CCOCC2)s1)N1CCc2ccccc2C1. The molecule has 4 rings (SSSR count). The van der Waals surface area contributed by atoms with Crippen molar-refractivity contribution in [1.82, 2.24) is 14.5 Å². The van der Waals surface area contributed by atoms with E-state index < -0.39 is 10.0 Å². The van der Waals surface area contributed by atoms with Gasteiger partial charge in [-0.05, 0) is 29.7 Å². The third kappa shape index (κ3) is 4.48. The number of hydrogen-bond acceptors (Lipinski definition) is 5. The van der Waals surface area contributed by atoms with Crippen molar-refractivity contribution in [3.05, 3.63) is 52.4 Å². The maximum Gasteiger partial charge on any atom is 0.252 e. The summed E-state index contributed by atoms with van der Waals surface area (Å²) in [6, 6.07) is 12.1. The molecule has 1 aromatic heterocycles. The molecule has 1 N–H and O–H groups in total. The fourth-order valence-corrected chi connectivity index (χ4v) is 6.54. The van der Waals surface area contributed by atoms with E-state index in [0.29, 0.717) is 37.1 Å². The maximum absolute atomic E-state index is 12.8. The van der Waals surface area contributed by atoms with Crippen LogP contribution in [0.5, 0.6) is 0 Å². The lowest BCUT2D eigenvalue weighted by molar-refractivity contribution is 0.0731. The molecule has 2 aromatic rings. The van der Waals surface area contributed by atoms with E-state index in [1.54, 1.807) is 13.1 Å². The lowest BCUT2D eigenvalue weighted by Crippen LogP contribution is -2.43. The summed E-state index contributed by atoms with van der Waals surface area (Å²) in [6.45, 7) is 4.03. The number of sulfonamides is 1. The Morgan fingerprint density at radius 3 is 2.66 bits per heavy atom. The lowest BCUT2D eigenvalue weighted by atomic mass is 10.0. The van der Waals surface area contributed by atoms with E-state index in [9.17, 15) is 8.42 Å². The average Bonchev–Trinajstić information content (AvgIpc) is 3.25. The van der Waals surface area contributed by atoms with Crippen molar-refractivity contribution in [2.75, 3.05) is 39.9 Å². The van der Waals surface area contributed by atoms with Crippen LogP contribution >= 0.6 is 11.3 Å². The molecule has 0 spiro atoms. The summed E-state index contributed by atoms with van der Waals surface area (Å²) < 4.78 is 32.7. The highest BCUT2D eigenvalue weighted by molar-refractivity contribution is 7.91. The van der Waals surface area contributed by atoms with Crippen molar-refractivity contribution in [2.24, 2.45) is 4.99 Å². The zero-order chi connectivity index (χ0) is 20.3. The van der Waals surface area contributed by atoms with Crippen LogP contribution in [0, 0.1) is 0 Å². The summed E-state index contributed by atoms with van der Waals surface area (Å²) in [7, 11) is -1.65. The summed E-state index contributed by atoms with van der Waals surface area (Å²) in [5.74, 6) is 0.838. The van der Waals surface area contributed by atoms with Gasteiger partial charge in [0.1, 0.15) is 4.21 Å². The number of hydrogen-bond donors (Lipinski definition) is 1. The van der Waals surface area contributed by atoms with Gasteiger partial charge in [0, 0.05) is 38.1 Å².